The number of hydrogen-bond acceptors (Lipinski definition) is 3. The number of pyridine rings is 1. The van der Waals surface area contributed by atoms with Gasteiger partial charge in [-0.05, 0) is 25.0 Å². The van der Waals surface area contributed by atoms with E-state index in [1.807, 2.05) is 11.0 Å². The van der Waals surface area contributed by atoms with Crippen LogP contribution in [-0.2, 0) is 7.05 Å². The van der Waals surface area contributed by atoms with Gasteiger partial charge in [-0.3, -0.25) is 14.7 Å². The van der Waals surface area contributed by atoms with Crippen LogP contribution in [0.15, 0.2) is 35.4 Å². The fourth-order valence-electron chi connectivity index (χ4n) is 2.63. The van der Waals surface area contributed by atoms with Crippen molar-refractivity contribution < 1.29 is 4.79 Å². The third-order valence-corrected chi connectivity index (χ3v) is 3.75. The Hall–Kier alpha value is -2.37. The van der Waals surface area contributed by atoms with Crippen molar-refractivity contribution in [2.75, 3.05) is 6.54 Å². The maximum atomic E-state index is 12.6. The molecule has 3 rings (SSSR count). The van der Waals surface area contributed by atoms with Crippen molar-refractivity contribution in [2.45, 2.75) is 18.9 Å². The van der Waals surface area contributed by atoms with E-state index in [2.05, 4.69) is 10.2 Å². The van der Waals surface area contributed by atoms with Crippen LogP contribution in [0.3, 0.4) is 0 Å². The van der Waals surface area contributed by atoms with E-state index in [0.717, 1.165) is 18.5 Å². The molecule has 0 saturated carbocycles. The molecule has 0 unspecified atom stereocenters. The molecule has 1 amide bonds. The summed E-state index contributed by atoms with van der Waals surface area (Å²) in [5.41, 5.74) is 1.22. The molecule has 6 nitrogen and oxygen atoms in total. The van der Waals surface area contributed by atoms with Crippen LogP contribution in [0.1, 0.15) is 34.9 Å². The number of hydrogen-bond donors (Lipinski definition) is 1. The molecular formula is C14H16N4O2. The van der Waals surface area contributed by atoms with Crippen LogP contribution >= 0.6 is 0 Å². The molecule has 6 heteroatoms. The molecule has 0 aromatic carbocycles. The smallest absolute Gasteiger partial charge is 0.254 e. The summed E-state index contributed by atoms with van der Waals surface area (Å²) in [6.45, 7) is 0.706. The zero-order chi connectivity index (χ0) is 14.1. The third-order valence-electron chi connectivity index (χ3n) is 3.75. The molecule has 104 valence electrons. The lowest BCUT2D eigenvalue weighted by molar-refractivity contribution is 0.0732. The summed E-state index contributed by atoms with van der Waals surface area (Å²) >= 11 is 0. The summed E-state index contributed by atoms with van der Waals surface area (Å²) in [6, 6.07) is 4.99. The van der Waals surface area contributed by atoms with E-state index in [4.69, 9.17) is 0 Å². The van der Waals surface area contributed by atoms with Crippen molar-refractivity contribution in [2.24, 2.45) is 7.05 Å². The first kappa shape index (κ1) is 12.7. The Labute approximate surface area is 116 Å². The van der Waals surface area contributed by atoms with Crippen LogP contribution in [0.5, 0.6) is 0 Å². The molecule has 1 atom stereocenters. The van der Waals surface area contributed by atoms with Gasteiger partial charge in [0, 0.05) is 37.6 Å². The summed E-state index contributed by atoms with van der Waals surface area (Å²) in [5, 5.41) is 6.87. The highest BCUT2D eigenvalue weighted by Gasteiger charge is 2.31. The lowest BCUT2D eigenvalue weighted by atomic mass is 10.1. The van der Waals surface area contributed by atoms with E-state index in [-0.39, 0.29) is 17.5 Å². The number of rotatable bonds is 2. The summed E-state index contributed by atoms with van der Waals surface area (Å²) in [7, 11) is 1.67. The standard InChI is InChI=1S/C14H16N4O2/c1-17-8-5-10(9-13(17)19)14(20)18-7-2-3-12(18)11-4-6-15-16-11/h4-6,8-9,12H,2-3,7H2,1H3,(H,15,16)/t12-/m0/s1. The fourth-order valence-corrected chi connectivity index (χ4v) is 2.63. The first-order valence-corrected chi connectivity index (χ1v) is 6.64. The highest BCUT2D eigenvalue weighted by atomic mass is 16.2. The topological polar surface area (TPSA) is 71.0 Å². The minimum atomic E-state index is -0.173. The number of amides is 1. The molecule has 20 heavy (non-hydrogen) atoms. The molecule has 3 heterocycles. The summed E-state index contributed by atoms with van der Waals surface area (Å²) in [4.78, 5) is 26.0. The maximum absolute atomic E-state index is 12.6. The second kappa shape index (κ2) is 4.96. The molecule has 1 N–H and O–H groups in total. The first-order chi connectivity index (χ1) is 9.66. The number of likely N-dealkylation sites (tertiary alicyclic amines) is 1. The molecule has 0 spiro atoms. The van der Waals surface area contributed by atoms with Gasteiger partial charge in [-0.1, -0.05) is 0 Å². The normalized spacial score (nSPS) is 18.4. The van der Waals surface area contributed by atoms with Crippen LogP contribution in [0.4, 0.5) is 0 Å². The number of nitrogens with one attached hydrogen (secondary N) is 1. The molecule has 2 aromatic heterocycles. The zero-order valence-corrected chi connectivity index (χ0v) is 11.2. The van der Waals surface area contributed by atoms with Gasteiger partial charge in [-0.25, -0.2) is 0 Å². The largest absolute Gasteiger partial charge is 0.330 e. The number of carbonyl (C=O) groups is 1. The SMILES string of the molecule is Cn1ccc(C(=O)N2CCC[C@H]2c2ccn[nH]2)cc1=O. The predicted octanol–water partition coefficient (Wildman–Crippen LogP) is 1.09. The van der Waals surface area contributed by atoms with E-state index < -0.39 is 0 Å². The van der Waals surface area contributed by atoms with E-state index in [1.54, 1.807) is 25.5 Å². The van der Waals surface area contributed by atoms with Gasteiger partial charge in [0.25, 0.3) is 11.5 Å². The van der Waals surface area contributed by atoms with Gasteiger partial charge in [-0.15, -0.1) is 0 Å². The molecule has 1 aliphatic heterocycles. The van der Waals surface area contributed by atoms with E-state index in [1.165, 1.54) is 10.6 Å². The fraction of sp³-hybridized carbons (Fsp3) is 0.357. The van der Waals surface area contributed by atoms with Crippen LogP contribution in [-0.4, -0.2) is 32.1 Å². The van der Waals surface area contributed by atoms with E-state index >= 15 is 0 Å². The lowest BCUT2D eigenvalue weighted by Gasteiger charge is -2.23. The number of aromatic amines is 1. The number of H-pyrrole nitrogens is 1. The highest BCUT2D eigenvalue weighted by Crippen LogP contribution is 2.31. The number of nitrogens with zero attached hydrogens (tertiary/aromatic N) is 3. The molecule has 1 aliphatic rings. The zero-order valence-electron chi connectivity index (χ0n) is 11.2. The van der Waals surface area contributed by atoms with Gasteiger partial charge >= 0.3 is 0 Å². The Balaban J connectivity index is 1.89. The van der Waals surface area contributed by atoms with Crippen molar-refractivity contribution in [3.8, 4) is 0 Å². The Bertz CT molecular complexity index is 675. The van der Waals surface area contributed by atoms with Gasteiger partial charge in [0.15, 0.2) is 0 Å². The van der Waals surface area contributed by atoms with Gasteiger partial charge in [0.2, 0.25) is 0 Å². The van der Waals surface area contributed by atoms with Gasteiger partial charge < -0.3 is 9.47 Å². The predicted molar refractivity (Wildman–Crippen MR) is 73.3 cm³/mol. The molecule has 0 bridgehead atoms. The Morgan fingerprint density at radius 1 is 1.45 bits per heavy atom. The third kappa shape index (κ3) is 2.13. The highest BCUT2D eigenvalue weighted by molar-refractivity contribution is 5.94. The van der Waals surface area contributed by atoms with Gasteiger partial charge in [0.1, 0.15) is 0 Å². The Morgan fingerprint density at radius 2 is 2.30 bits per heavy atom. The van der Waals surface area contributed by atoms with Crippen LogP contribution in [0.25, 0.3) is 0 Å². The van der Waals surface area contributed by atoms with Crippen molar-refractivity contribution >= 4 is 5.91 Å². The van der Waals surface area contributed by atoms with Crippen molar-refractivity contribution in [1.82, 2.24) is 19.7 Å². The quantitative estimate of drug-likeness (QED) is 0.889. The number of aromatic nitrogens is 3. The second-order valence-corrected chi connectivity index (χ2v) is 5.03. The van der Waals surface area contributed by atoms with Crippen molar-refractivity contribution in [3.63, 3.8) is 0 Å². The average Bonchev–Trinajstić information content (AvgIpc) is 3.10. The molecule has 0 aliphatic carbocycles. The van der Waals surface area contributed by atoms with E-state index in [0.29, 0.717) is 12.1 Å². The molecule has 0 radical (unpaired) electrons. The van der Waals surface area contributed by atoms with Crippen LogP contribution < -0.4 is 5.56 Å². The van der Waals surface area contributed by atoms with Crippen LogP contribution in [0.2, 0.25) is 0 Å². The molecule has 2 aromatic rings. The second-order valence-electron chi connectivity index (χ2n) is 5.03. The molecular weight excluding hydrogens is 256 g/mol. The average molecular weight is 272 g/mol. The maximum Gasteiger partial charge on any atom is 0.254 e. The lowest BCUT2D eigenvalue weighted by Crippen LogP contribution is -2.32. The summed E-state index contributed by atoms with van der Waals surface area (Å²) in [5.74, 6) is -0.0974. The minimum absolute atomic E-state index is 0.0223. The van der Waals surface area contributed by atoms with Gasteiger partial charge in [0.05, 0.1) is 11.7 Å². The summed E-state index contributed by atoms with van der Waals surface area (Å²) < 4.78 is 1.45. The monoisotopic (exact) mass is 272 g/mol. The first-order valence-electron chi connectivity index (χ1n) is 6.64. The Kier molecular flexibility index (Phi) is 3.14. The molecule has 1 fully saturated rings. The Morgan fingerprint density at radius 3 is 3.00 bits per heavy atom. The number of aryl methyl sites for hydroxylation is 1. The minimum Gasteiger partial charge on any atom is -0.330 e. The summed E-state index contributed by atoms with van der Waals surface area (Å²) in [6.07, 6.45) is 5.18. The van der Waals surface area contributed by atoms with Gasteiger partial charge in [-0.2, -0.15) is 5.10 Å². The van der Waals surface area contributed by atoms with E-state index in [9.17, 15) is 9.59 Å². The van der Waals surface area contributed by atoms with Crippen molar-refractivity contribution in [3.05, 3.63) is 52.2 Å². The molecule has 1 saturated heterocycles. The van der Waals surface area contributed by atoms with Crippen molar-refractivity contribution in [1.29, 1.82) is 0 Å². The number of carbonyl (C=O) groups excluding carboxylic acids is 1. The van der Waals surface area contributed by atoms with Crippen LogP contribution in [0, 0.1) is 0 Å².